The number of oxazole rings is 1. The molecule has 0 saturated carbocycles. The molecular formula is C11H15N3O. The lowest BCUT2D eigenvalue weighted by molar-refractivity contribution is 0.310. The maximum Gasteiger partial charge on any atom is 0.181 e. The van der Waals surface area contributed by atoms with E-state index < -0.39 is 0 Å². The van der Waals surface area contributed by atoms with E-state index in [1.807, 2.05) is 19.2 Å². The van der Waals surface area contributed by atoms with Gasteiger partial charge in [-0.3, -0.25) is 4.90 Å². The van der Waals surface area contributed by atoms with Crippen LogP contribution in [0.25, 0.3) is 11.1 Å². The highest BCUT2D eigenvalue weighted by Gasteiger charge is 2.02. The third-order valence-corrected chi connectivity index (χ3v) is 2.28. The second-order valence-electron chi connectivity index (χ2n) is 3.68. The zero-order chi connectivity index (χ0) is 10.7. The highest BCUT2D eigenvalue weighted by Crippen LogP contribution is 2.14. The average molecular weight is 205 g/mol. The van der Waals surface area contributed by atoms with Gasteiger partial charge >= 0.3 is 0 Å². The fourth-order valence-corrected chi connectivity index (χ4v) is 1.64. The Kier molecular flexibility index (Phi) is 2.99. The second kappa shape index (κ2) is 4.42. The first kappa shape index (κ1) is 10.1. The van der Waals surface area contributed by atoms with Crippen molar-refractivity contribution in [3.63, 3.8) is 0 Å². The summed E-state index contributed by atoms with van der Waals surface area (Å²) in [6.07, 6.45) is 1.48. The standard InChI is InChI=1S/C11H15N3O/c1-12-7-14(2)6-9-3-4-10-11(5-9)15-8-13-10/h3-5,8,12H,6-7H2,1-2H3. The van der Waals surface area contributed by atoms with E-state index in [2.05, 4.69) is 28.3 Å². The molecule has 4 nitrogen and oxygen atoms in total. The summed E-state index contributed by atoms with van der Waals surface area (Å²) < 4.78 is 5.25. The van der Waals surface area contributed by atoms with E-state index in [-0.39, 0.29) is 0 Å². The van der Waals surface area contributed by atoms with E-state index >= 15 is 0 Å². The zero-order valence-electron chi connectivity index (χ0n) is 9.03. The Morgan fingerprint density at radius 3 is 3.13 bits per heavy atom. The van der Waals surface area contributed by atoms with Gasteiger partial charge in [0.1, 0.15) is 5.52 Å². The fraction of sp³-hybridized carbons (Fsp3) is 0.364. The first-order chi connectivity index (χ1) is 7.29. The van der Waals surface area contributed by atoms with E-state index in [0.717, 1.165) is 24.3 Å². The number of aromatic nitrogens is 1. The van der Waals surface area contributed by atoms with Gasteiger partial charge in [0, 0.05) is 13.2 Å². The third kappa shape index (κ3) is 2.34. The Labute approximate surface area is 88.9 Å². The molecule has 0 aliphatic heterocycles. The van der Waals surface area contributed by atoms with Crippen LogP contribution in [-0.4, -0.2) is 30.6 Å². The van der Waals surface area contributed by atoms with Crippen molar-refractivity contribution in [1.82, 2.24) is 15.2 Å². The molecule has 0 aliphatic rings. The van der Waals surface area contributed by atoms with Crippen molar-refractivity contribution in [3.05, 3.63) is 30.2 Å². The third-order valence-electron chi connectivity index (χ3n) is 2.28. The molecule has 1 heterocycles. The van der Waals surface area contributed by atoms with Crippen LogP contribution in [0.3, 0.4) is 0 Å². The van der Waals surface area contributed by atoms with Crippen LogP contribution in [-0.2, 0) is 6.54 Å². The van der Waals surface area contributed by atoms with Crippen molar-refractivity contribution >= 4 is 11.1 Å². The topological polar surface area (TPSA) is 41.3 Å². The molecule has 0 saturated heterocycles. The maximum atomic E-state index is 5.25. The summed E-state index contributed by atoms with van der Waals surface area (Å²) in [5, 5.41) is 3.11. The summed E-state index contributed by atoms with van der Waals surface area (Å²) in [6, 6.07) is 6.10. The van der Waals surface area contributed by atoms with Crippen molar-refractivity contribution in [2.45, 2.75) is 6.54 Å². The number of hydrogen-bond donors (Lipinski definition) is 1. The lowest BCUT2D eigenvalue weighted by atomic mass is 10.2. The summed E-state index contributed by atoms with van der Waals surface area (Å²) in [5.74, 6) is 0. The summed E-state index contributed by atoms with van der Waals surface area (Å²) in [7, 11) is 4.01. The fourth-order valence-electron chi connectivity index (χ4n) is 1.64. The Morgan fingerprint density at radius 1 is 1.47 bits per heavy atom. The summed E-state index contributed by atoms with van der Waals surface area (Å²) >= 11 is 0. The Morgan fingerprint density at radius 2 is 2.33 bits per heavy atom. The number of nitrogens with zero attached hydrogens (tertiary/aromatic N) is 2. The molecular weight excluding hydrogens is 190 g/mol. The number of hydrogen-bond acceptors (Lipinski definition) is 4. The van der Waals surface area contributed by atoms with Crippen LogP contribution in [0.2, 0.25) is 0 Å². The van der Waals surface area contributed by atoms with Crippen LogP contribution in [0.15, 0.2) is 29.0 Å². The second-order valence-corrected chi connectivity index (χ2v) is 3.68. The average Bonchev–Trinajstić information content (AvgIpc) is 2.65. The van der Waals surface area contributed by atoms with Gasteiger partial charge in [0.25, 0.3) is 0 Å². The summed E-state index contributed by atoms with van der Waals surface area (Å²) in [4.78, 5) is 6.27. The number of rotatable bonds is 4. The zero-order valence-corrected chi connectivity index (χ0v) is 9.03. The van der Waals surface area contributed by atoms with E-state index in [1.165, 1.54) is 12.0 Å². The highest BCUT2D eigenvalue weighted by atomic mass is 16.3. The molecule has 2 rings (SSSR count). The number of benzene rings is 1. The monoisotopic (exact) mass is 205 g/mol. The molecule has 0 atom stereocenters. The largest absolute Gasteiger partial charge is 0.443 e. The minimum absolute atomic E-state index is 0.852. The van der Waals surface area contributed by atoms with Crippen molar-refractivity contribution in [2.75, 3.05) is 20.8 Å². The molecule has 1 aromatic heterocycles. The minimum atomic E-state index is 0.852. The number of nitrogens with one attached hydrogen (secondary N) is 1. The van der Waals surface area contributed by atoms with Crippen LogP contribution < -0.4 is 5.32 Å². The molecule has 15 heavy (non-hydrogen) atoms. The van der Waals surface area contributed by atoms with Gasteiger partial charge in [-0.15, -0.1) is 0 Å². The molecule has 0 radical (unpaired) electrons. The van der Waals surface area contributed by atoms with E-state index in [9.17, 15) is 0 Å². The molecule has 2 aromatic rings. The first-order valence-electron chi connectivity index (χ1n) is 4.95. The van der Waals surface area contributed by atoms with Crippen LogP contribution in [0.4, 0.5) is 0 Å². The summed E-state index contributed by atoms with van der Waals surface area (Å²) in [5.41, 5.74) is 3.00. The van der Waals surface area contributed by atoms with Crippen LogP contribution in [0, 0.1) is 0 Å². The van der Waals surface area contributed by atoms with Crippen LogP contribution in [0.1, 0.15) is 5.56 Å². The molecule has 1 N–H and O–H groups in total. The normalized spacial score (nSPS) is 11.4. The first-order valence-corrected chi connectivity index (χ1v) is 4.95. The maximum absolute atomic E-state index is 5.25. The van der Waals surface area contributed by atoms with Gasteiger partial charge in [-0.2, -0.15) is 0 Å². The minimum Gasteiger partial charge on any atom is -0.443 e. The van der Waals surface area contributed by atoms with Gasteiger partial charge in [0.2, 0.25) is 0 Å². The van der Waals surface area contributed by atoms with Crippen LogP contribution >= 0.6 is 0 Å². The molecule has 80 valence electrons. The summed E-state index contributed by atoms with van der Waals surface area (Å²) in [6.45, 7) is 1.77. The van der Waals surface area contributed by atoms with Crippen molar-refractivity contribution < 1.29 is 4.42 Å². The smallest absolute Gasteiger partial charge is 0.181 e. The van der Waals surface area contributed by atoms with Gasteiger partial charge in [0.15, 0.2) is 12.0 Å². The van der Waals surface area contributed by atoms with Crippen molar-refractivity contribution in [2.24, 2.45) is 0 Å². The van der Waals surface area contributed by atoms with Crippen molar-refractivity contribution in [3.8, 4) is 0 Å². The Bertz CT molecular complexity index is 438. The Balaban J connectivity index is 2.14. The quantitative estimate of drug-likeness (QED) is 0.767. The molecule has 0 amide bonds. The molecule has 1 aromatic carbocycles. The molecule has 0 unspecified atom stereocenters. The van der Waals surface area contributed by atoms with E-state index in [1.54, 1.807) is 0 Å². The van der Waals surface area contributed by atoms with Gasteiger partial charge < -0.3 is 9.73 Å². The van der Waals surface area contributed by atoms with Gasteiger partial charge in [0.05, 0.1) is 0 Å². The Hall–Kier alpha value is -1.39. The van der Waals surface area contributed by atoms with Gasteiger partial charge in [-0.05, 0) is 31.8 Å². The van der Waals surface area contributed by atoms with E-state index in [0.29, 0.717) is 0 Å². The van der Waals surface area contributed by atoms with Crippen molar-refractivity contribution in [1.29, 1.82) is 0 Å². The predicted molar refractivity (Wildman–Crippen MR) is 59.4 cm³/mol. The molecule has 0 bridgehead atoms. The molecule has 0 fully saturated rings. The van der Waals surface area contributed by atoms with Gasteiger partial charge in [-0.1, -0.05) is 6.07 Å². The van der Waals surface area contributed by atoms with E-state index in [4.69, 9.17) is 4.42 Å². The SMILES string of the molecule is CNCN(C)Cc1ccc2ncoc2c1. The molecule has 0 aliphatic carbocycles. The predicted octanol–water partition coefficient (Wildman–Crippen LogP) is 1.44. The number of fused-ring (bicyclic) bond motifs is 1. The van der Waals surface area contributed by atoms with Crippen LogP contribution in [0.5, 0.6) is 0 Å². The van der Waals surface area contributed by atoms with Gasteiger partial charge in [-0.25, -0.2) is 4.98 Å². The highest BCUT2D eigenvalue weighted by molar-refractivity contribution is 5.72. The molecule has 0 spiro atoms. The molecule has 4 heteroatoms. The lowest BCUT2D eigenvalue weighted by Gasteiger charge is -2.15. The lowest BCUT2D eigenvalue weighted by Crippen LogP contribution is -2.27.